The summed E-state index contributed by atoms with van der Waals surface area (Å²) in [4.78, 5) is 27.7. The van der Waals surface area contributed by atoms with Crippen LogP contribution in [0.25, 0.3) is 0 Å². The van der Waals surface area contributed by atoms with Gasteiger partial charge in [0, 0.05) is 50.3 Å². The summed E-state index contributed by atoms with van der Waals surface area (Å²) >= 11 is 0. The third-order valence-corrected chi connectivity index (χ3v) is 8.51. The van der Waals surface area contributed by atoms with Gasteiger partial charge in [-0.25, -0.2) is 18.4 Å². The minimum absolute atomic E-state index is 0.158. The third kappa shape index (κ3) is 5.39. The van der Waals surface area contributed by atoms with Gasteiger partial charge in [-0.15, -0.1) is 0 Å². The van der Waals surface area contributed by atoms with Gasteiger partial charge < -0.3 is 14.7 Å². The van der Waals surface area contributed by atoms with E-state index in [1.54, 1.807) is 24.3 Å². The molecule has 2 aliphatic rings. The molecule has 1 atom stereocenters. The number of aromatic nitrogens is 2. The topological polar surface area (TPSA) is 98.7 Å². The van der Waals surface area contributed by atoms with E-state index in [1.165, 1.54) is 35.4 Å². The number of hydrogen-bond donors (Lipinski definition) is 1. The predicted octanol–water partition coefficient (Wildman–Crippen LogP) is 3.08. The molecule has 5 rings (SSSR count). The maximum absolute atomic E-state index is 13.4. The summed E-state index contributed by atoms with van der Waals surface area (Å²) in [5.41, 5.74) is 4.69. The van der Waals surface area contributed by atoms with E-state index in [2.05, 4.69) is 49.6 Å². The number of nitrogens with zero attached hydrogens (tertiary/aromatic N) is 5. The predicted molar refractivity (Wildman–Crippen MR) is 144 cm³/mol. The molecule has 2 aliphatic heterocycles. The summed E-state index contributed by atoms with van der Waals surface area (Å²) in [7, 11) is -3.74. The highest BCUT2D eigenvalue weighted by Crippen LogP contribution is 2.30. The lowest BCUT2D eigenvalue weighted by atomic mass is 9.98. The number of aryl methyl sites for hydroxylation is 2. The number of anilines is 3. The fraction of sp³-hybridized carbons (Fsp3) is 0.370. The molecule has 37 heavy (non-hydrogen) atoms. The first-order chi connectivity index (χ1) is 17.8. The first kappa shape index (κ1) is 25.0. The number of amides is 1. The number of rotatable bonds is 6. The van der Waals surface area contributed by atoms with Crippen LogP contribution in [-0.4, -0.2) is 68.0 Å². The Morgan fingerprint density at radius 1 is 1.00 bits per heavy atom. The normalized spacial score (nSPS) is 16.8. The lowest BCUT2D eigenvalue weighted by molar-refractivity contribution is -0.132. The van der Waals surface area contributed by atoms with Crippen LogP contribution in [0.1, 0.15) is 24.5 Å². The Hall–Kier alpha value is -3.66. The van der Waals surface area contributed by atoms with Crippen molar-refractivity contribution in [2.24, 2.45) is 0 Å². The number of carbonyl (C=O) groups excluding carboxylic acids is 1. The van der Waals surface area contributed by atoms with E-state index < -0.39 is 10.0 Å². The zero-order chi connectivity index (χ0) is 26.0. The molecule has 9 nitrogen and oxygen atoms in total. The van der Waals surface area contributed by atoms with Gasteiger partial charge in [0.15, 0.2) is 0 Å². The molecule has 10 heteroatoms. The summed E-state index contributed by atoms with van der Waals surface area (Å²) in [5, 5.41) is 0. The summed E-state index contributed by atoms with van der Waals surface area (Å²) < 4.78 is 27.8. The zero-order valence-corrected chi connectivity index (χ0v) is 22.0. The highest BCUT2D eigenvalue weighted by Gasteiger charge is 2.31. The van der Waals surface area contributed by atoms with Gasteiger partial charge in [-0.1, -0.05) is 17.7 Å². The molecule has 1 amide bonds. The van der Waals surface area contributed by atoms with Gasteiger partial charge in [0.2, 0.25) is 5.91 Å². The fourth-order valence-corrected chi connectivity index (χ4v) is 6.13. The molecule has 2 aromatic carbocycles. The molecule has 3 aromatic rings. The molecule has 1 N–H and O–H groups in total. The van der Waals surface area contributed by atoms with Gasteiger partial charge in [-0.2, -0.15) is 0 Å². The Labute approximate surface area is 218 Å². The summed E-state index contributed by atoms with van der Waals surface area (Å²) in [6, 6.07) is 14.6. The Morgan fingerprint density at radius 3 is 2.46 bits per heavy atom. The Bertz CT molecular complexity index is 1360. The van der Waals surface area contributed by atoms with Crippen LogP contribution in [0.2, 0.25) is 0 Å². The fourth-order valence-electron chi connectivity index (χ4n) is 5.12. The molecule has 0 bridgehead atoms. The third-order valence-electron chi connectivity index (χ3n) is 7.14. The van der Waals surface area contributed by atoms with E-state index in [0.717, 1.165) is 25.1 Å². The molecule has 1 aromatic heterocycles. The molecule has 3 heterocycles. The van der Waals surface area contributed by atoms with Crippen molar-refractivity contribution >= 4 is 33.1 Å². The molecule has 1 saturated heterocycles. The van der Waals surface area contributed by atoms with Crippen molar-refractivity contribution in [2.75, 3.05) is 47.2 Å². The average Bonchev–Trinajstić information content (AvgIpc) is 2.92. The quantitative estimate of drug-likeness (QED) is 0.533. The molecule has 0 radical (unpaired) electrons. The first-order valence-electron chi connectivity index (χ1n) is 12.6. The molecular weight excluding hydrogens is 488 g/mol. The van der Waals surface area contributed by atoms with E-state index in [4.69, 9.17) is 0 Å². The summed E-state index contributed by atoms with van der Waals surface area (Å²) in [5.74, 6) is 0.377. The van der Waals surface area contributed by atoms with Crippen LogP contribution in [0.4, 0.5) is 17.2 Å². The van der Waals surface area contributed by atoms with Crippen molar-refractivity contribution in [2.45, 2.75) is 37.6 Å². The van der Waals surface area contributed by atoms with Gasteiger partial charge in [0.05, 0.1) is 4.90 Å². The maximum atomic E-state index is 13.4. The number of nitrogens with one attached hydrogen (secondary N) is 1. The number of fused-ring (bicyclic) bond motifs is 1. The van der Waals surface area contributed by atoms with Crippen molar-refractivity contribution in [3.63, 3.8) is 0 Å². The van der Waals surface area contributed by atoms with Crippen molar-refractivity contribution < 1.29 is 13.2 Å². The van der Waals surface area contributed by atoms with Crippen molar-refractivity contribution in [3.8, 4) is 0 Å². The second-order valence-electron chi connectivity index (χ2n) is 9.61. The highest BCUT2D eigenvalue weighted by atomic mass is 32.2. The van der Waals surface area contributed by atoms with Gasteiger partial charge in [-0.05, 0) is 68.7 Å². The van der Waals surface area contributed by atoms with Gasteiger partial charge in [-0.3, -0.25) is 9.52 Å². The first-order valence-corrected chi connectivity index (χ1v) is 14.1. The van der Waals surface area contributed by atoms with Crippen LogP contribution in [0.15, 0.2) is 66.0 Å². The van der Waals surface area contributed by atoms with Crippen LogP contribution in [0, 0.1) is 6.92 Å². The van der Waals surface area contributed by atoms with Crippen molar-refractivity contribution in [1.82, 2.24) is 14.9 Å². The molecule has 1 fully saturated rings. The lowest BCUT2D eigenvalue weighted by Crippen LogP contribution is -2.55. The van der Waals surface area contributed by atoms with Crippen molar-refractivity contribution in [1.29, 1.82) is 0 Å². The zero-order valence-electron chi connectivity index (χ0n) is 21.2. The monoisotopic (exact) mass is 520 g/mol. The van der Waals surface area contributed by atoms with E-state index >= 15 is 0 Å². The summed E-state index contributed by atoms with van der Waals surface area (Å²) in [6.07, 6.45) is 4.88. The Balaban J connectivity index is 1.19. The van der Waals surface area contributed by atoms with Gasteiger partial charge >= 0.3 is 0 Å². The Morgan fingerprint density at radius 2 is 1.76 bits per heavy atom. The second-order valence-corrected chi connectivity index (χ2v) is 11.3. The van der Waals surface area contributed by atoms with E-state index in [0.29, 0.717) is 26.2 Å². The van der Waals surface area contributed by atoms with Crippen LogP contribution >= 0.6 is 0 Å². The maximum Gasteiger partial charge on any atom is 0.263 e. The molecule has 194 valence electrons. The minimum atomic E-state index is -3.74. The minimum Gasteiger partial charge on any atom is -0.368 e. The van der Waals surface area contributed by atoms with Gasteiger partial charge in [0.25, 0.3) is 10.0 Å². The highest BCUT2D eigenvalue weighted by molar-refractivity contribution is 7.92. The number of benzene rings is 2. The molecule has 0 spiro atoms. The Kier molecular flexibility index (Phi) is 7.01. The van der Waals surface area contributed by atoms with E-state index in [-0.39, 0.29) is 22.7 Å². The van der Waals surface area contributed by atoms with Crippen molar-refractivity contribution in [3.05, 3.63) is 72.2 Å². The SMILES string of the molecule is Cc1ccc2c(c1)CCCN2C(C)C(=O)N1CCN(c2ccc(S(=O)(=O)Nc3ccncn3)cc2)CC1. The second kappa shape index (κ2) is 10.4. The van der Waals surface area contributed by atoms with E-state index in [1.807, 2.05) is 11.8 Å². The average molecular weight is 521 g/mol. The van der Waals surface area contributed by atoms with Gasteiger partial charge in [0.1, 0.15) is 18.2 Å². The van der Waals surface area contributed by atoms with Crippen LogP contribution < -0.4 is 14.5 Å². The van der Waals surface area contributed by atoms with Crippen LogP contribution in [-0.2, 0) is 21.2 Å². The van der Waals surface area contributed by atoms with E-state index in [9.17, 15) is 13.2 Å². The number of carbonyl (C=O) groups is 1. The summed E-state index contributed by atoms with van der Waals surface area (Å²) in [6.45, 7) is 7.67. The molecule has 0 aliphatic carbocycles. The standard InChI is InChI=1S/C27H32N6O3S/c1-20-5-10-25-22(18-20)4-3-13-33(25)21(2)27(34)32-16-14-31(15-17-32)23-6-8-24(9-7-23)37(35,36)30-26-11-12-28-19-29-26/h5-12,18-19,21H,3-4,13-17H2,1-2H3,(H,28,29,30). The molecule has 0 saturated carbocycles. The smallest absolute Gasteiger partial charge is 0.263 e. The molecular formula is C27H32N6O3S. The largest absolute Gasteiger partial charge is 0.368 e. The van der Waals surface area contributed by atoms with Crippen LogP contribution in [0.5, 0.6) is 0 Å². The number of piperazine rings is 1. The number of hydrogen-bond acceptors (Lipinski definition) is 7. The number of sulfonamides is 1. The molecule has 1 unspecified atom stereocenters. The lowest BCUT2D eigenvalue weighted by Gasteiger charge is -2.41. The van der Waals surface area contributed by atoms with Crippen LogP contribution in [0.3, 0.4) is 0 Å².